The Morgan fingerprint density at radius 1 is 0.882 bits per heavy atom. The highest BCUT2D eigenvalue weighted by Gasteiger charge is 2.07. The van der Waals surface area contributed by atoms with Crippen LogP contribution in [0.4, 0.5) is 0 Å². The number of hydrogen-bond donors (Lipinski definition) is 1. The summed E-state index contributed by atoms with van der Waals surface area (Å²) in [7, 11) is 0.785. The Labute approximate surface area is 109 Å². The molecule has 0 aromatic rings. The Hall–Kier alpha value is 0.0969. The second kappa shape index (κ2) is 14.2. The van der Waals surface area contributed by atoms with Crippen LogP contribution in [0.15, 0.2) is 0 Å². The molecule has 0 aliphatic heterocycles. The Bertz CT molecular complexity index is 141. The molecular formula is C13H29NO2Si. The molecule has 3 nitrogen and oxygen atoms in total. The molecule has 4 heteroatoms. The summed E-state index contributed by atoms with van der Waals surface area (Å²) in [5.74, 6) is 0.0437. The van der Waals surface area contributed by atoms with Crippen molar-refractivity contribution in [3.63, 3.8) is 0 Å². The lowest BCUT2D eigenvalue weighted by Crippen LogP contribution is -2.24. The molecule has 0 rings (SSSR count). The van der Waals surface area contributed by atoms with Gasteiger partial charge in [-0.1, -0.05) is 38.1 Å². The van der Waals surface area contributed by atoms with Crippen LogP contribution in [-0.2, 0) is 9.47 Å². The molecule has 0 unspecified atom stereocenters. The van der Waals surface area contributed by atoms with Crippen LogP contribution >= 0.6 is 0 Å². The average Bonchev–Trinajstić information content (AvgIpc) is 2.33. The van der Waals surface area contributed by atoms with Crippen LogP contribution in [0.2, 0.25) is 6.04 Å². The molecule has 0 aromatic heterocycles. The first-order chi connectivity index (χ1) is 8.35. The predicted octanol–water partition coefficient (Wildman–Crippen LogP) is 2.76. The van der Waals surface area contributed by atoms with E-state index < -0.39 is 0 Å². The van der Waals surface area contributed by atoms with Gasteiger partial charge in [-0.05, 0) is 26.8 Å². The van der Waals surface area contributed by atoms with Gasteiger partial charge in [0.1, 0.15) is 15.4 Å². The first-order valence-electron chi connectivity index (χ1n) is 7.01. The van der Waals surface area contributed by atoms with E-state index in [0.29, 0.717) is 0 Å². The van der Waals surface area contributed by atoms with Gasteiger partial charge < -0.3 is 15.2 Å². The van der Waals surface area contributed by atoms with E-state index in [-0.39, 0.29) is 5.91 Å². The quantitative estimate of drug-likeness (QED) is 0.314. The Morgan fingerprint density at radius 2 is 1.41 bits per heavy atom. The summed E-state index contributed by atoms with van der Waals surface area (Å²) in [6, 6.07) is 1.24. The minimum atomic E-state index is 0.0437. The Kier molecular flexibility index (Phi) is 14.2. The highest BCUT2D eigenvalue weighted by atomic mass is 28.2. The summed E-state index contributed by atoms with van der Waals surface area (Å²) in [4.78, 5) is 0. The summed E-state index contributed by atoms with van der Waals surface area (Å²) < 4.78 is 11.0. The van der Waals surface area contributed by atoms with E-state index in [1.807, 2.05) is 13.8 Å². The monoisotopic (exact) mass is 259 g/mol. The predicted molar refractivity (Wildman–Crippen MR) is 74.4 cm³/mol. The summed E-state index contributed by atoms with van der Waals surface area (Å²) in [6.07, 6.45) is 7.79. The second-order valence-corrected chi connectivity index (χ2v) is 5.49. The molecule has 0 aliphatic carbocycles. The van der Waals surface area contributed by atoms with Crippen molar-refractivity contribution < 1.29 is 9.47 Å². The topological polar surface area (TPSA) is 44.5 Å². The summed E-state index contributed by atoms with van der Waals surface area (Å²) in [5.41, 5.74) is 5.45. The number of unbranched alkanes of at least 4 members (excludes halogenated alkanes) is 5. The van der Waals surface area contributed by atoms with Crippen LogP contribution in [0, 0.1) is 0 Å². The molecule has 0 saturated heterocycles. The van der Waals surface area contributed by atoms with Crippen molar-refractivity contribution in [3.05, 3.63) is 0 Å². The molecule has 0 amide bonds. The zero-order valence-corrected chi connectivity index (χ0v) is 12.5. The van der Waals surface area contributed by atoms with Crippen molar-refractivity contribution in [2.24, 2.45) is 5.73 Å². The molecular weight excluding hydrogens is 230 g/mol. The zero-order chi connectivity index (χ0) is 12.8. The first kappa shape index (κ1) is 17.1. The summed E-state index contributed by atoms with van der Waals surface area (Å²) in [6.45, 7) is 6.38. The number of rotatable bonds is 13. The lowest BCUT2D eigenvalue weighted by molar-refractivity contribution is -0.0827. The lowest BCUT2D eigenvalue weighted by Gasteiger charge is -2.15. The summed E-state index contributed by atoms with van der Waals surface area (Å²) in [5, 5.41) is 0. The highest BCUT2D eigenvalue weighted by molar-refractivity contribution is 6.36. The maximum Gasteiger partial charge on any atom is 0.137 e. The fourth-order valence-corrected chi connectivity index (χ4v) is 2.92. The van der Waals surface area contributed by atoms with Crippen LogP contribution in [0.5, 0.6) is 0 Å². The summed E-state index contributed by atoms with van der Waals surface area (Å²) >= 11 is 0. The maximum atomic E-state index is 5.52. The van der Waals surface area contributed by atoms with Gasteiger partial charge >= 0.3 is 0 Å². The Morgan fingerprint density at radius 3 is 1.94 bits per heavy atom. The molecule has 0 aliphatic rings. The van der Waals surface area contributed by atoms with Gasteiger partial charge in [0.15, 0.2) is 0 Å². The van der Waals surface area contributed by atoms with Crippen LogP contribution in [-0.4, -0.2) is 35.2 Å². The van der Waals surface area contributed by atoms with Crippen molar-refractivity contribution in [3.8, 4) is 0 Å². The van der Waals surface area contributed by atoms with Gasteiger partial charge in [-0.25, -0.2) is 0 Å². The molecule has 17 heavy (non-hydrogen) atoms. The van der Waals surface area contributed by atoms with Crippen molar-refractivity contribution in [2.45, 2.75) is 64.3 Å². The third kappa shape index (κ3) is 12.3. The molecule has 102 valence electrons. The molecule has 0 spiro atoms. The van der Waals surface area contributed by atoms with E-state index >= 15 is 0 Å². The van der Waals surface area contributed by atoms with E-state index in [9.17, 15) is 0 Å². The van der Waals surface area contributed by atoms with Crippen molar-refractivity contribution in [2.75, 3.05) is 19.8 Å². The van der Waals surface area contributed by atoms with Crippen LogP contribution < -0.4 is 5.73 Å². The van der Waals surface area contributed by atoms with E-state index in [4.69, 9.17) is 15.2 Å². The molecule has 0 aromatic carbocycles. The van der Waals surface area contributed by atoms with Crippen LogP contribution in [0.1, 0.15) is 52.4 Å². The van der Waals surface area contributed by atoms with Gasteiger partial charge in [0.05, 0.1) is 0 Å². The normalized spacial score (nSPS) is 11.3. The van der Waals surface area contributed by atoms with Crippen LogP contribution in [0.25, 0.3) is 0 Å². The van der Waals surface area contributed by atoms with E-state index in [0.717, 1.165) is 29.3 Å². The zero-order valence-electron chi connectivity index (χ0n) is 11.5. The number of hydrogen-bond acceptors (Lipinski definition) is 3. The smallest absolute Gasteiger partial charge is 0.137 e. The lowest BCUT2D eigenvalue weighted by atomic mass is 10.1. The molecule has 2 N–H and O–H groups in total. The van der Waals surface area contributed by atoms with Gasteiger partial charge in [0, 0.05) is 13.2 Å². The fraction of sp³-hybridized carbons (Fsp3) is 1.00. The molecule has 0 saturated carbocycles. The van der Waals surface area contributed by atoms with E-state index in [1.165, 1.54) is 44.6 Å². The molecule has 0 bridgehead atoms. The van der Waals surface area contributed by atoms with Gasteiger partial charge in [-0.2, -0.15) is 0 Å². The maximum absolute atomic E-state index is 5.52. The highest BCUT2D eigenvalue weighted by Crippen LogP contribution is 2.08. The van der Waals surface area contributed by atoms with Crippen molar-refractivity contribution in [1.82, 2.24) is 0 Å². The van der Waals surface area contributed by atoms with E-state index in [2.05, 4.69) is 0 Å². The standard InChI is InChI=1S/C13H29NO2Si/c1-3-15-13(16-4-2)17-12-10-8-6-5-7-9-11-14/h13H,3-12,14H2,1-2H3. The van der Waals surface area contributed by atoms with Gasteiger partial charge in [0.25, 0.3) is 0 Å². The minimum absolute atomic E-state index is 0.0437. The van der Waals surface area contributed by atoms with Gasteiger partial charge in [0.2, 0.25) is 0 Å². The SMILES string of the molecule is CCOC(OCC)[Si]CCCCCCCCN. The molecule has 0 atom stereocenters. The Balaban J connectivity index is 3.23. The van der Waals surface area contributed by atoms with Gasteiger partial charge in [-0.3, -0.25) is 0 Å². The average molecular weight is 259 g/mol. The van der Waals surface area contributed by atoms with Crippen molar-refractivity contribution >= 4 is 9.52 Å². The fourth-order valence-electron chi connectivity index (χ4n) is 1.67. The molecule has 2 radical (unpaired) electrons. The van der Waals surface area contributed by atoms with Crippen molar-refractivity contribution in [1.29, 1.82) is 0 Å². The number of ether oxygens (including phenoxy) is 2. The second-order valence-electron chi connectivity index (χ2n) is 4.11. The van der Waals surface area contributed by atoms with Gasteiger partial charge in [-0.15, -0.1) is 0 Å². The third-order valence-electron chi connectivity index (χ3n) is 2.58. The molecule has 0 heterocycles. The largest absolute Gasteiger partial charge is 0.357 e. The molecule has 0 fully saturated rings. The first-order valence-corrected chi connectivity index (χ1v) is 8.30. The van der Waals surface area contributed by atoms with E-state index in [1.54, 1.807) is 0 Å². The third-order valence-corrected chi connectivity index (χ3v) is 3.89. The number of nitrogens with two attached hydrogens (primary N) is 1. The minimum Gasteiger partial charge on any atom is -0.357 e. The van der Waals surface area contributed by atoms with Crippen LogP contribution in [0.3, 0.4) is 0 Å².